The van der Waals surface area contributed by atoms with E-state index in [4.69, 9.17) is 28.3 Å². The number of hydrogen-bond acceptors (Lipinski definition) is 5. The summed E-state index contributed by atoms with van der Waals surface area (Å²) in [5, 5.41) is 5.43. The Hall–Kier alpha value is -0.180. The summed E-state index contributed by atoms with van der Waals surface area (Å²) in [5.41, 5.74) is -6.07. The molecule has 0 unspecified atom stereocenters. The molecule has 2 aromatic carbocycles. The van der Waals surface area contributed by atoms with Gasteiger partial charge in [-0.25, -0.2) is 13.6 Å². The molecule has 0 bridgehead atoms. The van der Waals surface area contributed by atoms with Crippen molar-refractivity contribution in [2.45, 2.75) is 20.2 Å². The molecule has 0 aliphatic rings. The average Bonchev–Trinajstić information content (AvgIpc) is 2.49. The van der Waals surface area contributed by atoms with Gasteiger partial charge in [-0.2, -0.15) is 21.6 Å². The molecular formula is C13H10Cl2F3N2NaO4S3. The molecule has 2 rings (SSSR count). The maximum atomic E-state index is 12.6. The second-order valence-electron chi connectivity index (χ2n) is 4.93. The Morgan fingerprint density at radius 2 is 1.57 bits per heavy atom. The number of anilines is 1. The molecule has 0 aliphatic heterocycles. The van der Waals surface area contributed by atoms with Gasteiger partial charge in [-0.1, -0.05) is 35.0 Å². The molecule has 0 fully saturated rings. The van der Waals surface area contributed by atoms with Gasteiger partial charge in [-0.3, -0.25) is 4.72 Å². The van der Waals surface area contributed by atoms with E-state index in [2.05, 4.69) is 0 Å². The normalized spacial score (nSPS) is 12.4. The van der Waals surface area contributed by atoms with Crippen LogP contribution in [0.5, 0.6) is 0 Å². The van der Waals surface area contributed by atoms with E-state index in [0.29, 0.717) is 9.92 Å². The van der Waals surface area contributed by atoms with Crippen molar-refractivity contribution in [3.8, 4) is 0 Å². The molecule has 2 aromatic rings. The SMILES string of the molecule is NS(=O)(=O)c1ccc(NS(=O)(=O)C(F)(F)F)c(Sc2ccc(Cl)cc2Cl)c1.[NaH]. The van der Waals surface area contributed by atoms with Crippen molar-refractivity contribution < 1.29 is 30.0 Å². The minimum absolute atomic E-state index is 0. The van der Waals surface area contributed by atoms with E-state index >= 15 is 0 Å². The maximum absolute atomic E-state index is 12.6. The van der Waals surface area contributed by atoms with Crippen LogP contribution in [0.15, 0.2) is 51.1 Å². The van der Waals surface area contributed by atoms with Crippen LogP contribution in [-0.4, -0.2) is 51.9 Å². The Morgan fingerprint density at radius 3 is 2.07 bits per heavy atom. The summed E-state index contributed by atoms with van der Waals surface area (Å²) in [6, 6.07) is 6.89. The summed E-state index contributed by atoms with van der Waals surface area (Å²) in [6.07, 6.45) is 0. The molecule has 0 heterocycles. The standard InChI is InChI=1S/C13H9Cl2F3N2O4S3.Na.H/c14-7-1-4-11(9(15)5-7)25-12-6-8(26(19,21)22)2-3-10(12)20-27(23,24)13(16,17)18;;/h1-6,20H,(H2,19,21,22);;. The third-order valence-corrected chi connectivity index (χ3v) is 6.75. The fraction of sp³-hybridized carbons (Fsp3) is 0.0769. The zero-order chi connectivity index (χ0) is 20.6. The Morgan fingerprint density at radius 1 is 0.964 bits per heavy atom. The van der Waals surface area contributed by atoms with Crippen LogP contribution in [-0.2, 0) is 20.0 Å². The van der Waals surface area contributed by atoms with Crippen LogP contribution < -0.4 is 9.86 Å². The summed E-state index contributed by atoms with van der Waals surface area (Å²) < 4.78 is 85.1. The second-order valence-corrected chi connectivity index (χ2v) is 10.1. The van der Waals surface area contributed by atoms with Crippen LogP contribution in [0.4, 0.5) is 18.9 Å². The van der Waals surface area contributed by atoms with Crippen molar-refractivity contribution in [2.24, 2.45) is 5.14 Å². The van der Waals surface area contributed by atoms with Crippen molar-refractivity contribution in [3.63, 3.8) is 0 Å². The Balaban J connectivity index is 0.00000392. The van der Waals surface area contributed by atoms with Crippen molar-refractivity contribution >= 4 is 90.3 Å². The number of alkyl halides is 3. The molecule has 0 amide bonds. The number of hydrogen-bond donors (Lipinski definition) is 2. The van der Waals surface area contributed by atoms with Gasteiger partial charge in [0.2, 0.25) is 10.0 Å². The summed E-state index contributed by atoms with van der Waals surface area (Å²) in [7, 11) is -9.92. The van der Waals surface area contributed by atoms with Crippen LogP contribution in [0.25, 0.3) is 0 Å². The first-order valence-corrected chi connectivity index (χ1v) is 11.2. The number of rotatable bonds is 5. The Kier molecular flexibility index (Phi) is 8.60. The molecule has 0 radical (unpaired) electrons. The molecule has 6 nitrogen and oxygen atoms in total. The van der Waals surface area contributed by atoms with Gasteiger partial charge in [0.25, 0.3) is 0 Å². The number of primary sulfonamides is 1. The fourth-order valence-corrected chi connectivity index (χ4v) is 4.46. The quantitative estimate of drug-likeness (QED) is 0.606. The number of sulfonamides is 2. The van der Waals surface area contributed by atoms with Crippen molar-refractivity contribution in [1.29, 1.82) is 0 Å². The molecule has 0 aliphatic carbocycles. The van der Waals surface area contributed by atoms with Crippen LogP contribution >= 0.6 is 35.0 Å². The minimum atomic E-state index is -5.73. The van der Waals surface area contributed by atoms with Crippen LogP contribution in [0, 0.1) is 0 Å². The summed E-state index contributed by atoms with van der Waals surface area (Å²) in [5.74, 6) is 0. The summed E-state index contributed by atoms with van der Waals surface area (Å²) in [4.78, 5) is -0.302. The molecule has 0 saturated carbocycles. The molecule has 3 N–H and O–H groups in total. The van der Waals surface area contributed by atoms with Gasteiger partial charge < -0.3 is 0 Å². The molecular weight excluding hydrogens is 495 g/mol. The molecule has 0 atom stereocenters. The van der Waals surface area contributed by atoms with Crippen LogP contribution in [0.2, 0.25) is 10.0 Å². The van der Waals surface area contributed by atoms with Crippen molar-refractivity contribution in [1.82, 2.24) is 0 Å². The third kappa shape index (κ3) is 6.41. The molecule has 28 heavy (non-hydrogen) atoms. The van der Waals surface area contributed by atoms with Gasteiger partial charge in [0.05, 0.1) is 15.6 Å². The third-order valence-electron chi connectivity index (χ3n) is 2.94. The number of nitrogens with one attached hydrogen (secondary N) is 1. The number of halogens is 5. The van der Waals surface area contributed by atoms with E-state index in [1.807, 2.05) is 0 Å². The fourth-order valence-electron chi connectivity index (χ4n) is 1.73. The van der Waals surface area contributed by atoms with Gasteiger partial charge in [0.15, 0.2) is 0 Å². The Labute approximate surface area is 195 Å². The van der Waals surface area contributed by atoms with Gasteiger partial charge in [0.1, 0.15) is 0 Å². The van der Waals surface area contributed by atoms with E-state index in [-0.39, 0.29) is 39.5 Å². The molecule has 0 spiro atoms. The zero-order valence-electron chi connectivity index (χ0n) is 12.8. The van der Waals surface area contributed by atoms with Crippen LogP contribution in [0.3, 0.4) is 0 Å². The molecule has 150 valence electrons. The predicted octanol–water partition coefficient (Wildman–Crippen LogP) is 3.41. The van der Waals surface area contributed by atoms with E-state index in [1.54, 1.807) is 0 Å². The Bertz CT molecular complexity index is 1100. The van der Waals surface area contributed by atoms with Gasteiger partial charge in [-0.15, -0.1) is 0 Å². The molecule has 15 heteroatoms. The van der Waals surface area contributed by atoms with Gasteiger partial charge >= 0.3 is 45.1 Å². The van der Waals surface area contributed by atoms with E-state index in [9.17, 15) is 30.0 Å². The monoisotopic (exact) mass is 504 g/mol. The molecule has 0 saturated heterocycles. The van der Waals surface area contributed by atoms with Crippen molar-refractivity contribution in [3.05, 3.63) is 46.4 Å². The van der Waals surface area contributed by atoms with E-state index < -0.39 is 36.1 Å². The second kappa shape index (κ2) is 9.31. The average molecular weight is 505 g/mol. The topological polar surface area (TPSA) is 106 Å². The number of nitrogens with two attached hydrogens (primary N) is 1. The van der Waals surface area contributed by atoms with E-state index in [0.717, 1.165) is 30.0 Å². The molecule has 0 aromatic heterocycles. The van der Waals surface area contributed by atoms with Crippen LogP contribution in [0.1, 0.15) is 0 Å². The first kappa shape index (κ1) is 25.9. The predicted molar refractivity (Wildman–Crippen MR) is 104 cm³/mol. The summed E-state index contributed by atoms with van der Waals surface area (Å²) >= 11 is 12.5. The number of benzene rings is 2. The van der Waals surface area contributed by atoms with E-state index in [1.165, 1.54) is 22.9 Å². The van der Waals surface area contributed by atoms with Crippen molar-refractivity contribution in [2.75, 3.05) is 4.72 Å². The summed E-state index contributed by atoms with van der Waals surface area (Å²) in [6.45, 7) is 0. The first-order valence-electron chi connectivity index (χ1n) is 6.59. The van der Waals surface area contributed by atoms with Gasteiger partial charge in [0, 0.05) is 14.8 Å². The zero-order valence-corrected chi connectivity index (χ0v) is 16.8. The van der Waals surface area contributed by atoms with Gasteiger partial charge in [-0.05, 0) is 36.4 Å². The first-order chi connectivity index (χ1) is 12.2.